The summed E-state index contributed by atoms with van der Waals surface area (Å²) >= 11 is 0. The quantitative estimate of drug-likeness (QED) is 0.268. The van der Waals surface area contributed by atoms with E-state index >= 15 is 0 Å². The highest BCUT2D eigenvalue weighted by Crippen LogP contribution is 2.49. The van der Waals surface area contributed by atoms with E-state index in [0.717, 1.165) is 33.7 Å². The molecule has 30 heavy (non-hydrogen) atoms. The number of hydrogen-bond acceptors (Lipinski definition) is 2. The second-order valence-corrected chi connectivity index (χ2v) is 8.31. The maximum absolute atomic E-state index is 6.48. The first-order chi connectivity index (χ1) is 14.5. The highest BCUT2D eigenvalue weighted by Gasteiger charge is 2.24. The Morgan fingerprint density at radius 1 is 0.767 bits per heavy atom. The van der Waals surface area contributed by atoms with Gasteiger partial charge in [0.05, 0.1) is 11.1 Å². The van der Waals surface area contributed by atoms with Gasteiger partial charge >= 0.3 is 0 Å². The number of rotatable bonds is 1. The van der Waals surface area contributed by atoms with Crippen LogP contribution in [-0.2, 0) is 0 Å². The molecular weight excluding hydrogens is 366 g/mol. The van der Waals surface area contributed by atoms with Crippen LogP contribution in [0.15, 0.2) is 61.3 Å². The fraction of sp³-hybridized carbons (Fsp3) is 0.107. The summed E-state index contributed by atoms with van der Waals surface area (Å²) in [5.41, 5.74) is 6.87. The summed E-state index contributed by atoms with van der Waals surface area (Å²) in [5.74, 6) is 1.72. The van der Waals surface area contributed by atoms with Crippen molar-refractivity contribution in [2.45, 2.75) is 20.8 Å². The van der Waals surface area contributed by atoms with Gasteiger partial charge in [-0.15, -0.1) is 0 Å². The molecule has 0 unspecified atom stereocenters. The van der Waals surface area contributed by atoms with Crippen LogP contribution in [0.3, 0.4) is 0 Å². The van der Waals surface area contributed by atoms with Crippen molar-refractivity contribution in [1.82, 2.24) is 4.98 Å². The molecule has 6 rings (SSSR count). The molecular formula is C28H21NO. The van der Waals surface area contributed by atoms with E-state index in [4.69, 9.17) is 9.72 Å². The van der Waals surface area contributed by atoms with Crippen molar-refractivity contribution in [3.8, 4) is 22.8 Å². The van der Waals surface area contributed by atoms with Gasteiger partial charge in [0, 0.05) is 11.8 Å². The summed E-state index contributed by atoms with van der Waals surface area (Å²) in [7, 11) is 0. The molecule has 0 fully saturated rings. The van der Waals surface area contributed by atoms with Gasteiger partial charge in [0.25, 0.3) is 0 Å². The Hall–Kier alpha value is -3.65. The fourth-order valence-corrected chi connectivity index (χ4v) is 4.95. The average molecular weight is 387 g/mol. The lowest BCUT2D eigenvalue weighted by molar-refractivity contribution is 0.487. The van der Waals surface area contributed by atoms with Crippen molar-refractivity contribution in [2.24, 2.45) is 0 Å². The minimum Gasteiger partial charge on any atom is -0.456 e. The first-order valence-electron chi connectivity index (χ1n) is 10.3. The topological polar surface area (TPSA) is 22.1 Å². The molecule has 1 aliphatic heterocycles. The van der Waals surface area contributed by atoms with Crippen LogP contribution in [0.1, 0.15) is 22.3 Å². The molecule has 0 bridgehead atoms. The Morgan fingerprint density at radius 3 is 2.40 bits per heavy atom. The molecule has 2 heterocycles. The molecule has 0 saturated carbocycles. The van der Waals surface area contributed by atoms with E-state index in [1.54, 1.807) is 0 Å². The number of aryl methyl sites for hydroxylation is 3. The van der Waals surface area contributed by atoms with Crippen molar-refractivity contribution < 1.29 is 4.74 Å². The SMILES string of the molecule is C=Cc1cc2c(cc1C)-c1nccc3c1c(cc1c4cc(C)cc(C)c4ccc31)O2. The Bertz CT molecular complexity index is 1560. The smallest absolute Gasteiger partial charge is 0.138 e. The molecule has 2 nitrogen and oxygen atoms in total. The Kier molecular flexibility index (Phi) is 3.41. The largest absolute Gasteiger partial charge is 0.456 e. The molecule has 0 N–H and O–H groups in total. The van der Waals surface area contributed by atoms with Crippen LogP contribution in [0.25, 0.3) is 49.7 Å². The van der Waals surface area contributed by atoms with Crippen molar-refractivity contribution in [3.63, 3.8) is 0 Å². The zero-order valence-corrected chi connectivity index (χ0v) is 17.3. The monoisotopic (exact) mass is 387 g/mol. The third kappa shape index (κ3) is 2.22. The van der Waals surface area contributed by atoms with E-state index < -0.39 is 0 Å². The van der Waals surface area contributed by atoms with Gasteiger partial charge in [-0.1, -0.05) is 42.5 Å². The molecule has 0 amide bonds. The van der Waals surface area contributed by atoms with E-state index in [2.05, 4.69) is 75.9 Å². The first-order valence-corrected chi connectivity index (χ1v) is 10.3. The fourth-order valence-electron chi connectivity index (χ4n) is 4.95. The molecule has 1 aliphatic rings. The number of pyridine rings is 1. The number of ether oxygens (including phenoxy) is 1. The van der Waals surface area contributed by atoms with Gasteiger partial charge in [-0.05, 0) is 88.7 Å². The molecule has 0 radical (unpaired) electrons. The van der Waals surface area contributed by atoms with Crippen LogP contribution in [0, 0.1) is 20.8 Å². The third-order valence-corrected chi connectivity index (χ3v) is 6.35. The van der Waals surface area contributed by atoms with Gasteiger partial charge in [0.1, 0.15) is 11.5 Å². The molecule has 0 spiro atoms. The van der Waals surface area contributed by atoms with Crippen LogP contribution in [0.5, 0.6) is 11.5 Å². The van der Waals surface area contributed by atoms with Crippen LogP contribution in [0.4, 0.5) is 0 Å². The van der Waals surface area contributed by atoms with Gasteiger partial charge in [-0.2, -0.15) is 0 Å². The van der Waals surface area contributed by atoms with Crippen LogP contribution >= 0.6 is 0 Å². The van der Waals surface area contributed by atoms with Crippen LogP contribution < -0.4 is 4.74 Å². The van der Waals surface area contributed by atoms with Crippen LogP contribution in [0.2, 0.25) is 0 Å². The number of nitrogens with zero attached hydrogens (tertiary/aromatic N) is 1. The summed E-state index contributed by atoms with van der Waals surface area (Å²) < 4.78 is 6.48. The highest BCUT2D eigenvalue weighted by molar-refractivity contribution is 6.22. The Balaban J connectivity index is 1.78. The van der Waals surface area contributed by atoms with Crippen molar-refractivity contribution in [2.75, 3.05) is 0 Å². The predicted octanol–water partition coefficient (Wildman–Crippen LogP) is 7.88. The lowest BCUT2D eigenvalue weighted by Crippen LogP contribution is -2.01. The van der Waals surface area contributed by atoms with Gasteiger partial charge in [-0.25, -0.2) is 0 Å². The lowest BCUT2D eigenvalue weighted by Gasteiger charge is -2.23. The number of benzene rings is 4. The number of hydrogen-bond donors (Lipinski definition) is 0. The average Bonchev–Trinajstić information content (AvgIpc) is 2.74. The van der Waals surface area contributed by atoms with Gasteiger partial charge in [-0.3, -0.25) is 4.98 Å². The Morgan fingerprint density at radius 2 is 1.57 bits per heavy atom. The second kappa shape index (κ2) is 5.93. The minimum atomic E-state index is 0.843. The summed E-state index contributed by atoms with van der Waals surface area (Å²) in [6.07, 6.45) is 3.79. The second-order valence-electron chi connectivity index (χ2n) is 8.31. The maximum atomic E-state index is 6.48. The van der Waals surface area contributed by atoms with E-state index in [0.29, 0.717) is 0 Å². The molecule has 0 aliphatic carbocycles. The predicted molar refractivity (Wildman–Crippen MR) is 127 cm³/mol. The van der Waals surface area contributed by atoms with E-state index in [1.165, 1.54) is 43.6 Å². The molecule has 0 atom stereocenters. The zero-order valence-electron chi connectivity index (χ0n) is 17.3. The Labute approximate surface area is 175 Å². The summed E-state index contributed by atoms with van der Waals surface area (Å²) in [6.45, 7) is 10.4. The summed E-state index contributed by atoms with van der Waals surface area (Å²) in [5, 5.41) is 7.29. The van der Waals surface area contributed by atoms with E-state index in [-0.39, 0.29) is 0 Å². The molecule has 0 saturated heterocycles. The van der Waals surface area contributed by atoms with E-state index in [1.807, 2.05) is 12.3 Å². The standard InChI is InChI=1S/C28H21NO/c1-5-18-13-25-24(12-16(18)3)28-27-21(8-9-29-28)20-7-6-19-17(4)10-15(2)11-22(19)23(20)14-26(27)30-25/h5-14H,1H2,2-4H3. The van der Waals surface area contributed by atoms with E-state index in [9.17, 15) is 0 Å². The summed E-state index contributed by atoms with van der Waals surface area (Å²) in [6, 6.07) is 17.5. The molecule has 4 aromatic carbocycles. The summed E-state index contributed by atoms with van der Waals surface area (Å²) in [4.78, 5) is 4.77. The molecule has 5 aromatic rings. The highest BCUT2D eigenvalue weighted by atomic mass is 16.5. The number of fused-ring (bicyclic) bond motifs is 6. The first kappa shape index (κ1) is 17.2. The normalized spacial score (nSPS) is 12.2. The van der Waals surface area contributed by atoms with Crippen molar-refractivity contribution >= 4 is 38.4 Å². The minimum absolute atomic E-state index is 0.843. The van der Waals surface area contributed by atoms with Crippen molar-refractivity contribution in [3.05, 3.63) is 83.6 Å². The lowest BCUT2D eigenvalue weighted by atomic mass is 9.91. The number of aromatic nitrogens is 1. The molecule has 1 aromatic heterocycles. The van der Waals surface area contributed by atoms with Crippen molar-refractivity contribution in [1.29, 1.82) is 0 Å². The third-order valence-electron chi connectivity index (χ3n) is 6.35. The van der Waals surface area contributed by atoms with Gasteiger partial charge < -0.3 is 4.74 Å². The maximum Gasteiger partial charge on any atom is 0.138 e. The van der Waals surface area contributed by atoms with Gasteiger partial charge in [0.15, 0.2) is 0 Å². The van der Waals surface area contributed by atoms with Crippen LogP contribution in [-0.4, -0.2) is 4.98 Å². The molecule has 2 heteroatoms. The zero-order chi connectivity index (χ0) is 20.6. The molecule has 144 valence electrons. The van der Waals surface area contributed by atoms with Gasteiger partial charge in [0.2, 0.25) is 0 Å².